The number of carbonyl (C=O) groups is 2. The standard InChI is InChI=1S/C21H17F3N8O2/c22-21(23,24)8-31-17-3-10(1-2-11(17)6-27-31)12-4-13(12)14-5-16(30-32-18(14)26-9-28-32)15-7-25-20(34)29-19(15)33/h1-3,5-6,9,12-13,15H,4,7-8H2,(H2,25,29,33,34)/t12-,13+,15?/m1/s1. The number of hydrogen-bond donors (Lipinski definition) is 2. The third-order valence-corrected chi connectivity index (χ3v) is 6.30. The molecule has 3 aromatic heterocycles. The Bertz CT molecular complexity index is 1460. The van der Waals surface area contributed by atoms with Crippen LogP contribution in [0.3, 0.4) is 0 Å². The van der Waals surface area contributed by atoms with Crippen molar-refractivity contribution in [2.24, 2.45) is 0 Å². The van der Waals surface area contributed by atoms with Crippen molar-refractivity contribution in [3.8, 4) is 0 Å². The highest BCUT2D eigenvalue weighted by molar-refractivity contribution is 6.00. The molecule has 6 rings (SSSR count). The number of imide groups is 1. The Morgan fingerprint density at radius 3 is 2.76 bits per heavy atom. The van der Waals surface area contributed by atoms with E-state index in [2.05, 4.69) is 30.9 Å². The maximum absolute atomic E-state index is 12.9. The molecule has 2 N–H and O–H groups in total. The number of alkyl halides is 3. The first-order chi connectivity index (χ1) is 16.3. The first-order valence-electron chi connectivity index (χ1n) is 10.6. The number of rotatable bonds is 4. The lowest BCUT2D eigenvalue weighted by atomic mass is 9.99. The fourth-order valence-corrected chi connectivity index (χ4v) is 4.59. The summed E-state index contributed by atoms with van der Waals surface area (Å²) < 4.78 is 41.1. The molecule has 10 nitrogen and oxygen atoms in total. The monoisotopic (exact) mass is 470 g/mol. The minimum Gasteiger partial charge on any atom is -0.337 e. The highest BCUT2D eigenvalue weighted by Gasteiger charge is 2.42. The van der Waals surface area contributed by atoms with E-state index < -0.39 is 30.6 Å². The van der Waals surface area contributed by atoms with E-state index in [1.165, 1.54) is 17.2 Å². The number of fused-ring (bicyclic) bond motifs is 2. The normalized spacial score (nSPS) is 22.7. The van der Waals surface area contributed by atoms with Crippen LogP contribution in [0.25, 0.3) is 16.6 Å². The molecule has 0 radical (unpaired) electrons. The average Bonchev–Trinajstić information content (AvgIpc) is 3.26. The summed E-state index contributed by atoms with van der Waals surface area (Å²) in [7, 11) is 0. The van der Waals surface area contributed by atoms with Gasteiger partial charge < -0.3 is 5.32 Å². The molecule has 1 saturated heterocycles. The van der Waals surface area contributed by atoms with Crippen LogP contribution in [0.15, 0.2) is 36.8 Å². The number of nitrogens with one attached hydrogen (secondary N) is 2. The van der Waals surface area contributed by atoms with E-state index in [1.54, 1.807) is 12.1 Å². The molecule has 1 aliphatic heterocycles. The Balaban J connectivity index is 1.34. The minimum absolute atomic E-state index is 0.0335. The topological polar surface area (TPSA) is 119 Å². The van der Waals surface area contributed by atoms with Gasteiger partial charge in [0.1, 0.15) is 12.9 Å². The zero-order chi connectivity index (χ0) is 23.6. The molecule has 4 heterocycles. The van der Waals surface area contributed by atoms with Crippen molar-refractivity contribution in [3.63, 3.8) is 0 Å². The van der Waals surface area contributed by atoms with Crippen molar-refractivity contribution in [1.82, 2.24) is 40.2 Å². The molecule has 2 fully saturated rings. The van der Waals surface area contributed by atoms with Gasteiger partial charge in [-0.1, -0.05) is 12.1 Å². The Kier molecular flexibility index (Phi) is 4.38. The van der Waals surface area contributed by atoms with Gasteiger partial charge in [0, 0.05) is 17.5 Å². The predicted molar refractivity (Wildman–Crippen MR) is 111 cm³/mol. The summed E-state index contributed by atoms with van der Waals surface area (Å²) in [6, 6.07) is 6.69. The van der Waals surface area contributed by atoms with E-state index >= 15 is 0 Å². The average molecular weight is 470 g/mol. The molecule has 1 aromatic carbocycles. The van der Waals surface area contributed by atoms with Crippen molar-refractivity contribution in [2.45, 2.75) is 36.9 Å². The quantitative estimate of drug-likeness (QED) is 0.472. The zero-order valence-electron chi connectivity index (χ0n) is 17.5. The third kappa shape index (κ3) is 3.53. The first-order valence-corrected chi connectivity index (χ1v) is 10.6. The Labute approximate surface area is 189 Å². The lowest BCUT2D eigenvalue weighted by molar-refractivity contribution is -0.141. The molecule has 3 atom stereocenters. The fourth-order valence-electron chi connectivity index (χ4n) is 4.59. The number of halogens is 3. The summed E-state index contributed by atoms with van der Waals surface area (Å²) in [5, 5.41) is 17.9. The summed E-state index contributed by atoms with van der Waals surface area (Å²) >= 11 is 0. The molecule has 4 aromatic rings. The number of carbonyl (C=O) groups excluding carboxylic acids is 2. The van der Waals surface area contributed by atoms with Crippen LogP contribution in [0.1, 0.15) is 41.0 Å². The second-order valence-corrected chi connectivity index (χ2v) is 8.53. The van der Waals surface area contributed by atoms with Gasteiger partial charge in [-0.15, -0.1) is 9.73 Å². The van der Waals surface area contributed by atoms with E-state index in [1.807, 2.05) is 12.1 Å². The lowest BCUT2D eigenvalue weighted by Gasteiger charge is -2.22. The smallest absolute Gasteiger partial charge is 0.337 e. The zero-order valence-corrected chi connectivity index (χ0v) is 17.5. The van der Waals surface area contributed by atoms with E-state index in [0.717, 1.165) is 22.2 Å². The Morgan fingerprint density at radius 2 is 1.97 bits per heavy atom. The lowest BCUT2D eigenvalue weighted by Crippen LogP contribution is -2.51. The van der Waals surface area contributed by atoms with Gasteiger partial charge in [-0.25, -0.2) is 9.78 Å². The van der Waals surface area contributed by atoms with Crippen molar-refractivity contribution in [2.75, 3.05) is 6.54 Å². The molecular weight excluding hydrogens is 453 g/mol. The van der Waals surface area contributed by atoms with Crippen LogP contribution >= 0.6 is 0 Å². The van der Waals surface area contributed by atoms with Gasteiger partial charge in [0.15, 0.2) is 5.65 Å². The number of urea groups is 1. The van der Waals surface area contributed by atoms with E-state index in [4.69, 9.17) is 0 Å². The summed E-state index contributed by atoms with van der Waals surface area (Å²) in [6.07, 6.45) is -0.803. The van der Waals surface area contributed by atoms with E-state index in [0.29, 0.717) is 22.2 Å². The maximum atomic E-state index is 12.9. The van der Waals surface area contributed by atoms with E-state index in [-0.39, 0.29) is 18.4 Å². The van der Waals surface area contributed by atoms with Crippen LogP contribution in [-0.4, -0.2) is 54.3 Å². The van der Waals surface area contributed by atoms with Crippen LogP contribution in [0.4, 0.5) is 18.0 Å². The van der Waals surface area contributed by atoms with Gasteiger partial charge in [-0.05, 0) is 36.0 Å². The maximum Gasteiger partial charge on any atom is 0.408 e. The van der Waals surface area contributed by atoms with Crippen molar-refractivity contribution < 1.29 is 22.8 Å². The van der Waals surface area contributed by atoms with Gasteiger partial charge in [0.25, 0.3) is 0 Å². The second kappa shape index (κ2) is 7.23. The third-order valence-electron chi connectivity index (χ3n) is 6.30. The van der Waals surface area contributed by atoms with E-state index in [9.17, 15) is 22.8 Å². The van der Waals surface area contributed by atoms with Gasteiger partial charge >= 0.3 is 12.2 Å². The molecule has 0 spiro atoms. The largest absolute Gasteiger partial charge is 0.408 e. The highest BCUT2D eigenvalue weighted by atomic mass is 19.4. The molecule has 13 heteroatoms. The van der Waals surface area contributed by atoms with Crippen LogP contribution in [0, 0.1) is 0 Å². The summed E-state index contributed by atoms with van der Waals surface area (Å²) in [6.45, 7) is -1.03. The van der Waals surface area contributed by atoms with Gasteiger partial charge in [0.05, 0.1) is 23.3 Å². The number of amides is 3. The van der Waals surface area contributed by atoms with Crippen LogP contribution in [0.5, 0.6) is 0 Å². The van der Waals surface area contributed by atoms with Gasteiger partial charge in [-0.2, -0.15) is 23.4 Å². The summed E-state index contributed by atoms with van der Waals surface area (Å²) in [5.41, 5.74) is 3.19. The van der Waals surface area contributed by atoms with Crippen LogP contribution < -0.4 is 10.6 Å². The fraction of sp³-hybridized carbons (Fsp3) is 0.333. The molecule has 3 amide bonds. The number of hydrogen-bond acceptors (Lipinski definition) is 6. The molecule has 2 aliphatic rings. The SMILES string of the molecule is O=C1NCC(c2cc([C@H]3C[C@@H]3c3ccc4cnn(CC(F)(F)F)c4c3)c3ncnn3n2)C(=O)N1. The molecular formula is C21H17F3N8O2. The highest BCUT2D eigenvalue weighted by Crippen LogP contribution is 2.55. The summed E-state index contributed by atoms with van der Waals surface area (Å²) in [4.78, 5) is 28.1. The second-order valence-electron chi connectivity index (χ2n) is 8.53. The van der Waals surface area contributed by atoms with Gasteiger partial charge in [-0.3, -0.25) is 14.8 Å². The molecule has 1 saturated carbocycles. The summed E-state index contributed by atoms with van der Waals surface area (Å²) in [5.74, 6) is -1.02. The number of benzene rings is 1. The molecule has 0 bridgehead atoms. The minimum atomic E-state index is -4.37. The molecule has 174 valence electrons. The first kappa shape index (κ1) is 20.6. The Hall–Kier alpha value is -4.03. The van der Waals surface area contributed by atoms with Crippen LogP contribution in [-0.2, 0) is 11.3 Å². The number of nitrogens with zero attached hydrogens (tertiary/aromatic N) is 6. The van der Waals surface area contributed by atoms with Crippen molar-refractivity contribution in [3.05, 3.63) is 53.6 Å². The van der Waals surface area contributed by atoms with Gasteiger partial charge in [0.2, 0.25) is 5.91 Å². The van der Waals surface area contributed by atoms with Crippen LogP contribution in [0.2, 0.25) is 0 Å². The molecule has 1 aliphatic carbocycles. The molecule has 34 heavy (non-hydrogen) atoms. The number of aromatic nitrogens is 6. The molecule has 1 unspecified atom stereocenters. The Morgan fingerprint density at radius 1 is 1.12 bits per heavy atom. The van der Waals surface area contributed by atoms with Crippen molar-refractivity contribution >= 4 is 28.5 Å². The van der Waals surface area contributed by atoms with Crippen molar-refractivity contribution in [1.29, 1.82) is 0 Å². The predicted octanol–water partition coefficient (Wildman–Crippen LogP) is 2.23.